The van der Waals surface area contributed by atoms with Gasteiger partial charge in [-0.2, -0.15) is 0 Å². The van der Waals surface area contributed by atoms with E-state index in [0.29, 0.717) is 5.69 Å². The molecule has 1 N–H and O–H groups in total. The molecule has 0 spiro atoms. The van der Waals surface area contributed by atoms with E-state index in [9.17, 15) is 9.18 Å². The molecule has 1 amide bonds. The Morgan fingerprint density at radius 1 is 1.09 bits per heavy atom. The van der Waals surface area contributed by atoms with Crippen LogP contribution in [0.2, 0.25) is 0 Å². The summed E-state index contributed by atoms with van der Waals surface area (Å²) in [6.45, 7) is 1.60. The van der Waals surface area contributed by atoms with Crippen LogP contribution < -0.4 is 5.32 Å². The number of amides is 1. The summed E-state index contributed by atoms with van der Waals surface area (Å²) < 4.78 is 12.9. The molecular formula is C18H19FN2O. The predicted octanol–water partition coefficient (Wildman–Crippen LogP) is 3.11. The highest BCUT2D eigenvalue weighted by Gasteiger charge is 2.36. The van der Waals surface area contributed by atoms with Crippen molar-refractivity contribution < 1.29 is 9.18 Å². The number of carbonyl (C=O) groups is 1. The highest BCUT2D eigenvalue weighted by Crippen LogP contribution is 2.32. The van der Waals surface area contributed by atoms with Crippen molar-refractivity contribution >= 4 is 11.6 Å². The molecule has 1 fully saturated rings. The van der Waals surface area contributed by atoms with Crippen LogP contribution in [0.25, 0.3) is 0 Å². The fourth-order valence-corrected chi connectivity index (χ4v) is 3.07. The summed E-state index contributed by atoms with van der Waals surface area (Å²) >= 11 is 0. The number of rotatable bonds is 3. The summed E-state index contributed by atoms with van der Waals surface area (Å²) in [6, 6.07) is 16.0. The van der Waals surface area contributed by atoms with E-state index >= 15 is 0 Å². The number of anilines is 1. The summed E-state index contributed by atoms with van der Waals surface area (Å²) in [5.74, 6) is -0.227. The standard InChI is InChI=1S/C18H19FN2O/c1-21-11-16(13-5-3-2-4-6-13)17(12-21)18(22)20-15-9-7-14(19)8-10-15/h2-10,16-17H,11-12H2,1H3,(H,20,22)/t16-,17-/m0/s1. The van der Waals surface area contributed by atoms with Gasteiger partial charge in [0.05, 0.1) is 5.92 Å². The molecule has 0 aliphatic carbocycles. The predicted molar refractivity (Wildman–Crippen MR) is 85.2 cm³/mol. The molecule has 0 unspecified atom stereocenters. The van der Waals surface area contributed by atoms with Crippen molar-refractivity contribution in [2.75, 3.05) is 25.5 Å². The van der Waals surface area contributed by atoms with Crippen LogP contribution in [0, 0.1) is 11.7 Å². The third kappa shape index (κ3) is 3.17. The highest BCUT2D eigenvalue weighted by atomic mass is 19.1. The molecule has 114 valence electrons. The maximum absolute atomic E-state index is 12.9. The Morgan fingerprint density at radius 2 is 1.77 bits per heavy atom. The molecule has 4 heteroatoms. The highest BCUT2D eigenvalue weighted by molar-refractivity contribution is 5.93. The summed E-state index contributed by atoms with van der Waals surface area (Å²) in [6.07, 6.45) is 0. The maximum atomic E-state index is 12.9. The molecule has 1 aliphatic heterocycles. The SMILES string of the molecule is CN1C[C@H](C(=O)Nc2ccc(F)cc2)[C@H](c2ccccc2)C1. The van der Waals surface area contributed by atoms with Gasteiger partial charge in [0.25, 0.3) is 0 Å². The van der Waals surface area contributed by atoms with Crippen LogP contribution in [0.5, 0.6) is 0 Å². The number of nitrogens with zero attached hydrogens (tertiary/aromatic N) is 1. The first-order chi connectivity index (χ1) is 10.6. The average molecular weight is 298 g/mol. The summed E-state index contributed by atoms with van der Waals surface area (Å²) in [5.41, 5.74) is 1.82. The van der Waals surface area contributed by atoms with Gasteiger partial charge >= 0.3 is 0 Å². The molecule has 0 radical (unpaired) electrons. The van der Waals surface area contributed by atoms with E-state index in [-0.39, 0.29) is 23.6 Å². The van der Waals surface area contributed by atoms with Crippen molar-refractivity contribution in [2.24, 2.45) is 5.92 Å². The molecule has 0 saturated carbocycles. The summed E-state index contributed by atoms with van der Waals surface area (Å²) in [4.78, 5) is 14.8. The molecule has 0 bridgehead atoms. The lowest BCUT2D eigenvalue weighted by Gasteiger charge is -2.18. The van der Waals surface area contributed by atoms with Crippen LogP contribution in [-0.2, 0) is 4.79 Å². The number of likely N-dealkylation sites (N-methyl/N-ethyl adjacent to an activating group) is 1. The monoisotopic (exact) mass is 298 g/mol. The van der Waals surface area contributed by atoms with Crippen molar-refractivity contribution in [3.05, 3.63) is 66.0 Å². The van der Waals surface area contributed by atoms with Gasteiger partial charge in [-0.1, -0.05) is 30.3 Å². The zero-order valence-electron chi connectivity index (χ0n) is 12.5. The van der Waals surface area contributed by atoms with E-state index < -0.39 is 0 Å². The zero-order valence-corrected chi connectivity index (χ0v) is 12.5. The Bertz CT molecular complexity index is 642. The number of nitrogens with one attached hydrogen (secondary N) is 1. The second-order valence-electron chi connectivity index (χ2n) is 5.84. The van der Waals surface area contributed by atoms with E-state index in [1.807, 2.05) is 25.2 Å². The second kappa shape index (κ2) is 6.28. The molecule has 2 aromatic rings. The number of halogens is 1. The fourth-order valence-electron chi connectivity index (χ4n) is 3.07. The van der Waals surface area contributed by atoms with Crippen LogP contribution in [0.1, 0.15) is 11.5 Å². The van der Waals surface area contributed by atoms with Gasteiger partial charge < -0.3 is 10.2 Å². The Morgan fingerprint density at radius 3 is 2.45 bits per heavy atom. The molecule has 2 aromatic carbocycles. The minimum Gasteiger partial charge on any atom is -0.326 e. The van der Waals surface area contributed by atoms with E-state index in [0.717, 1.165) is 13.1 Å². The zero-order chi connectivity index (χ0) is 15.5. The lowest BCUT2D eigenvalue weighted by molar-refractivity contribution is -0.119. The van der Waals surface area contributed by atoms with Gasteiger partial charge in [-0.15, -0.1) is 0 Å². The first kappa shape index (κ1) is 14.7. The largest absolute Gasteiger partial charge is 0.326 e. The quantitative estimate of drug-likeness (QED) is 0.944. The smallest absolute Gasteiger partial charge is 0.229 e. The Labute approximate surface area is 129 Å². The van der Waals surface area contributed by atoms with Crippen molar-refractivity contribution in [1.82, 2.24) is 4.90 Å². The average Bonchev–Trinajstić information content (AvgIpc) is 2.92. The van der Waals surface area contributed by atoms with E-state index in [1.165, 1.54) is 17.7 Å². The fraction of sp³-hybridized carbons (Fsp3) is 0.278. The van der Waals surface area contributed by atoms with Gasteiger partial charge in [-0.05, 0) is 36.9 Å². The third-order valence-corrected chi connectivity index (χ3v) is 4.18. The van der Waals surface area contributed by atoms with Gasteiger partial charge in [-0.25, -0.2) is 4.39 Å². The maximum Gasteiger partial charge on any atom is 0.229 e. The Kier molecular flexibility index (Phi) is 4.20. The molecule has 1 heterocycles. The van der Waals surface area contributed by atoms with E-state index in [1.54, 1.807) is 12.1 Å². The number of hydrogen-bond acceptors (Lipinski definition) is 2. The second-order valence-corrected chi connectivity index (χ2v) is 5.84. The van der Waals surface area contributed by atoms with Crippen LogP contribution in [0.15, 0.2) is 54.6 Å². The van der Waals surface area contributed by atoms with Crippen molar-refractivity contribution in [2.45, 2.75) is 5.92 Å². The van der Waals surface area contributed by atoms with E-state index in [2.05, 4.69) is 22.3 Å². The molecule has 3 rings (SSSR count). The molecular weight excluding hydrogens is 279 g/mol. The van der Waals surface area contributed by atoms with Crippen LogP contribution >= 0.6 is 0 Å². The number of hydrogen-bond donors (Lipinski definition) is 1. The van der Waals surface area contributed by atoms with Gasteiger partial charge in [0.2, 0.25) is 5.91 Å². The first-order valence-electron chi connectivity index (χ1n) is 7.43. The topological polar surface area (TPSA) is 32.3 Å². The van der Waals surface area contributed by atoms with Crippen molar-refractivity contribution in [3.8, 4) is 0 Å². The lowest BCUT2D eigenvalue weighted by Crippen LogP contribution is -2.28. The molecule has 0 aromatic heterocycles. The first-order valence-corrected chi connectivity index (χ1v) is 7.43. The molecule has 1 aliphatic rings. The van der Waals surface area contributed by atoms with Gasteiger partial charge in [0, 0.05) is 24.7 Å². The minimum absolute atomic E-state index is 0.00943. The van der Waals surface area contributed by atoms with Gasteiger partial charge in [-0.3, -0.25) is 4.79 Å². The molecule has 22 heavy (non-hydrogen) atoms. The molecule has 2 atom stereocenters. The summed E-state index contributed by atoms with van der Waals surface area (Å²) in [5, 5.41) is 2.90. The van der Waals surface area contributed by atoms with E-state index in [4.69, 9.17) is 0 Å². The summed E-state index contributed by atoms with van der Waals surface area (Å²) in [7, 11) is 2.03. The van der Waals surface area contributed by atoms with Crippen LogP contribution in [0.4, 0.5) is 10.1 Å². The molecule has 3 nitrogen and oxygen atoms in total. The Balaban J connectivity index is 1.76. The lowest BCUT2D eigenvalue weighted by atomic mass is 9.88. The van der Waals surface area contributed by atoms with Gasteiger partial charge in [0.15, 0.2) is 0 Å². The normalized spacial score (nSPS) is 21.7. The van der Waals surface area contributed by atoms with Crippen LogP contribution in [0.3, 0.4) is 0 Å². The van der Waals surface area contributed by atoms with Crippen molar-refractivity contribution in [3.63, 3.8) is 0 Å². The third-order valence-electron chi connectivity index (χ3n) is 4.18. The number of carbonyl (C=O) groups excluding carboxylic acids is 1. The number of likely N-dealkylation sites (tertiary alicyclic amines) is 1. The van der Waals surface area contributed by atoms with Gasteiger partial charge in [0.1, 0.15) is 5.82 Å². The molecule has 1 saturated heterocycles. The number of benzene rings is 2. The Hall–Kier alpha value is -2.20. The van der Waals surface area contributed by atoms with Crippen LogP contribution in [-0.4, -0.2) is 30.9 Å². The van der Waals surface area contributed by atoms with Crippen molar-refractivity contribution in [1.29, 1.82) is 0 Å². The minimum atomic E-state index is -0.305.